The first-order valence-electron chi connectivity index (χ1n) is 13.2. The number of aromatic carboxylic acids is 1. The number of piperidine rings is 1. The number of carboxylic acid groups (broad SMARTS) is 1. The predicted molar refractivity (Wildman–Crippen MR) is 148 cm³/mol. The van der Waals surface area contributed by atoms with Crippen LogP contribution in [0.25, 0.3) is 27.7 Å². The van der Waals surface area contributed by atoms with Gasteiger partial charge in [-0.05, 0) is 73.4 Å². The second kappa shape index (κ2) is 9.09. The molecule has 1 saturated heterocycles. The van der Waals surface area contributed by atoms with Crippen molar-refractivity contribution in [3.63, 3.8) is 0 Å². The molecule has 0 radical (unpaired) electrons. The molecule has 1 N–H and O–H groups in total. The lowest BCUT2D eigenvalue weighted by molar-refractivity contribution is 0.0687. The molecule has 1 aliphatic heterocycles. The molecule has 7 rings (SSSR count). The van der Waals surface area contributed by atoms with Gasteiger partial charge in [-0.3, -0.25) is 4.98 Å². The van der Waals surface area contributed by atoms with Crippen LogP contribution in [0.3, 0.4) is 0 Å². The third-order valence-electron chi connectivity index (χ3n) is 8.35. The van der Waals surface area contributed by atoms with Crippen LogP contribution in [0.5, 0.6) is 5.75 Å². The second-order valence-corrected chi connectivity index (χ2v) is 11.2. The summed E-state index contributed by atoms with van der Waals surface area (Å²) < 4.78 is 11.2. The highest BCUT2D eigenvalue weighted by atomic mass is 35.5. The number of aromatic nitrogens is 3. The number of hydrogen-bond donors (Lipinski definition) is 1. The molecule has 1 saturated carbocycles. The summed E-state index contributed by atoms with van der Waals surface area (Å²) in [6, 6.07) is 9.65. The van der Waals surface area contributed by atoms with Gasteiger partial charge in [-0.2, -0.15) is 0 Å². The topological polar surface area (TPSA) is 102 Å². The number of nitrogens with zero attached hydrogens (tertiary/aromatic N) is 4. The Hall–Kier alpha value is -3.91. The second-order valence-electron chi connectivity index (χ2n) is 10.8. The quantitative estimate of drug-likeness (QED) is 0.291. The van der Waals surface area contributed by atoms with Gasteiger partial charge in [0, 0.05) is 53.6 Å². The molecule has 2 fully saturated rings. The number of hydrogen-bond acceptors (Lipinski definition) is 7. The van der Waals surface area contributed by atoms with Crippen LogP contribution in [-0.2, 0) is 0 Å². The fourth-order valence-corrected chi connectivity index (χ4v) is 6.26. The van der Waals surface area contributed by atoms with E-state index in [1.54, 1.807) is 18.5 Å². The van der Waals surface area contributed by atoms with E-state index in [4.69, 9.17) is 20.9 Å². The zero-order chi connectivity index (χ0) is 26.7. The highest BCUT2D eigenvalue weighted by Gasteiger charge is 2.44. The van der Waals surface area contributed by atoms with E-state index < -0.39 is 5.97 Å². The van der Waals surface area contributed by atoms with Gasteiger partial charge >= 0.3 is 5.97 Å². The first kappa shape index (κ1) is 24.2. The van der Waals surface area contributed by atoms with Crippen LogP contribution >= 0.6 is 11.6 Å². The summed E-state index contributed by atoms with van der Waals surface area (Å²) >= 11 is 6.49. The lowest BCUT2D eigenvalue weighted by Gasteiger charge is -2.47. The van der Waals surface area contributed by atoms with Crippen molar-refractivity contribution in [2.75, 3.05) is 25.1 Å². The third kappa shape index (κ3) is 4.14. The van der Waals surface area contributed by atoms with E-state index in [1.807, 2.05) is 18.2 Å². The number of pyridine rings is 2. The molecular weight excluding hydrogens is 516 g/mol. The Kier molecular flexibility index (Phi) is 5.63. The van der Waals surface area contributed by atoms with Crippen molar-refractivity contribution in [3.8, 4) is 17.0 Å². The molecule has 0 unspecified atom stereocenters. The number of fused-ring (bicyclic) bond motifs is 1. The Morgan fingerprint density at radius 3 is 2.69 bits per heavy atom. The Bertz CT molecular complexity index is 1650. The molecule has 3 aliphatic rings. The molecule has 1 spiro atoms. The van der Waals surface area contributed by atoms with Gasteiger partial charge in [0.1, 0.15) is 11.5 Å². The average Bonchev–Trinajstić information content (AvgIpc) is 3.69. The molecular formula is C30H27ClN4O4. The number of carbonyl (C=O) groups is 1. The number of ether oxygens (including phenoxy) is 1. The van der Waals surface area contributed by atoms with Gasteiger partial charge < -0.3 is 19.3 Å². The minimum atomic E-state index is -1.10. The van der Waals surface area contributed by atoms with Crippen LogP contribution in [0.1, 0.15) is 59.8 Å². The maximum Gasteiger partial charge on any atom is 0.358 e. The molecule has 198 valence electrons. The Labute approximate surface area is 230 Å². The summed E-state index contributed by atoms with van der Waals surface area (Å²) in [7, 11) is 1.46. The smallest absolute Gasteiger partial charge is 0.358 e. The fourth-order valence-electron chi connectivity index (χ4n) is 6.05. The monoisotopic (exact) mass is 542 g/mol. The molecule has 0 atom stereocenters. The molecule has 9 heteroatoms. The molecule has 39 heavy (non-hydrogen) atoms. The van der Waals surface area contributed by atoms with E-state index in [2.05, 4.69) is 32.2 Å². The minimum Gasteiger partial charge on any atom is -0.494 e. The number of rotatable bonds is 6. The standard InChI is InChI=1S/C30H27ClN4O4/c1-38-24-13-18-12-20(4-5-23(18)33-27(24)29(36)37)35-10-7-30(8-11-35)14-19(15-30)25-26(21-6-9-32-16-22(21)31)34-39-28(25)17-2-3-17/h4-6,9,12-14,16-17H,2-3,7-8,10-11,15H2,1H3,(H,36,37). The summed E-state index contributed by atoms with van der Waals surface area (Å²) in [5.74, 6) is 0.624. The highest BCUT2D eigenvalue weighted by molar-refractivity contribution is 6.33. The average molecular weight is 543 g/mol. The van der Waals surface area contributed by atoms with Gasteiger partial charge in [0.15, 0.2) is 11.4 Å². The minimum absolute atomic E-state index is 0.0720. The van der Waals surface area contributed by atoms with E-state index in [0.717, 1.165) is 78.8 Å². The van der Waals surface area contributed by atoms with Gasteiger partial charge in [-0.25, -0.2) is 9.78 Å². The van der Waals surface area contributed by atoms with Crippen LogP contribution in [-0.4, -0.2) is 46.4 Å². The lowest BCUT2D eigenvalue weighted by Crippen LogP contribution is -2.42. The van der Waals surface area contributed by atoms with Crippen LogP contribution in [0, 0.1) is 5.41 Å². The molecule has 4 aromatic rings. The molecule has 0 amide bonds. The van der Waals surface area contributed by atoms with Crippen LogP contribution in [0.15, 0.2) is 53.3 Å². The summed E-state index contributed by atoms with van der Waals surface area (Å²) in [6.45, 7) is 1.88. The van der Waals surface area contributed by atoms with Crippen molar-refractivity contribution < 1.29 is 19.2 Å². The predicted octanol–water partition coefficient (Wildman–Crippen LogP) is 6.60. The van der Waals surface area contributed by atoms with Crippen LogP contribution in [0.2, 0.25) is 5.02 Å². The molecule has 3 aromatic heterocycles. The maximum absolute atomic E-state index is 11.5. The number of carboxylic acids is 1. The third-order valence-corrected chi connectivity index (χ3v) is 8.65. The largest absolute Gasteiger partial charge is 0.494 e. The van der Waals surface area contributed by atoms with Gasteiger partial charge in [0.25, 0.3) is 0 Å². The van der Waals surface area contributed by atoms with Crippen molar-refractivity contribution in [1.82, 2.24) is 15.1 Å². The zero-order valence-electron chi connectivity index (χ0n) is 21.5. The van der Waals surface area contributed by atoms with Crippen molar-refractivity contribution in [2.45, 2.75) is 38.0 Å². The molecule has 4 heterocycles. The number of anilines is 1. The summed E-state index contributed by atoms with van der Waals surface area (Å²) in [4.78, 5) is 22.3. The SMILES string of the molecule is COc1cc2cc(N3CCC4(C=C(c5c(-c6ccncc6Cl)noc5C5CC5)C4)CC3)ccc2nc1C(=O)O. The fraction of sp³-hybridized carbons (Fsp3) is 0.333. The number of allylic oxidation sites excluding steroid dienone is 2. The van der Waals surface area contributed by atoms with Crippen molar-refractivity contribution in [3.05, 3.63) is 70.8 Å². The van der Waals surface area contributed by atoms with Crippen molar-refractivity contribution in [1.29, 1.82) is 0 Å². The Morgan fingerprint density at radius 2 is 2.00 bits per heavy atom. The van der Waals surface area contributed by atoms with E-state index in [1.165, 1.54) is 12.7 Å². The van der Waals surface area contributed by atoms with Crippen LogP contribution in [0.4, 0.5) is 5.69 Å². The van der Waals surface area contributed by atoms with Crippen molar-refractivity contribution >= 4 is 39.7 Å². The van der Waals surface area contributed by atoms with E-state index in [-0.39, 0.29) is 16.9 Å². The van der Waals surface area contributed by atoms with Gasteiger partial charge in [-0.1, -0.05) is 22.8 Å². The zero-order valence-corrected chi connectivity index (χ0v) is 22.2. The number of benzene rings is 1. The number of halogens is 1. The van der Waals surface area contributed by atoms with E-state index >= 15 is 0 Å². The first-order valence-corrected chi connectivity index (χ1v) is 13.6. The molecule has 2 aliphatic carbocycles. The lowest BCUT2D eigenvalue weighted by atomic mass is 9.63. The number of methoxy groups -OCH3 is 1. The molecule has 8 nitrogen and oxygen atoms in total. The molecule has 1 aromatic carbocycles. The van der Waals surface area contributed by atoms with E-state index in [0.29, 0.717) is 16.5 Å². The summed E-state index contributed by atoms with van der Waals surface area (Å²) in [5, 5.41) is 15.3. The highest BCUT2D eigenvalue weighted by Crippen LogP contribution is 2.56. The Morgan fingerprint density at radius 1 is 1.21 bits per heavy atom. The van der Waals surface area contributed by atoms with Gasteiger partial charge in [0.2, 0.25) is 0 Å². The summed E-state index contributed by atoms with van der Waals surface area (Å²) in [6.07, 6.45) is 11.3. The first-order chi connectivity index (χ1) is 18.9. The summed E-state index contributed by atoms with van der Waals surface area (Å²) in [5.41, 5.74) is 6.00. The van der Waals surface area contributed by atoms with Crippen LogP contribution < -0.4 is 9.64 Å². The maximum atomic E-state index is 11.5. The molecule has 0 bridgehead atoms. The van der Waals surface area contributed by atoms with Gasteiger partial charge in [-0.15, -0.1) is 0 Å². The van der Waals surface area contributed by atoms with E-state index in [9.17, 15) is 9.90 Å². The van der Waals surface area contributed by atoms with Crippen molar-refractivity contribution in [2.24, 2.45) is 5.41 Å². The normalized spacial score (nSPS) is 18.2. The van der Waals surface area contributed by atoms with Gasteiger partial charge in [0.05, 0.1) is 17.6 Å². The Balaban J connectivity index is 1.12.